The first-order valence-electron chi connectivity index (χ1n) is 5.25. The van der Waals surface area contributed by atoms with Gasteiger partial charge in [0.05, 0.1) is 5.69 Å². The molecule has 0 amide bonds. The lowest BCUT2D eigenvalue weighted by atomic mass is 10.1. The summed E-state index contributed by atoms with van der Waals surface area (Å²) in [5, 5.41) is 0. The maximum atomic E-state index is 13.0. The van der Waals surface area contributed by atoms with Crippen LogP contribution in [0.25, 0.3) is 0 Å². The predicted molar refractivity (Wildman–Crippen MR) is 56.3 cm³/mol. The average molecular weight is 228 g/mol. The molecular formula is C10H14F2N4. The third-order valence-electron chi connectivity index (χ3n) is 2.69. The van der Waals surface area contributed by atoms with Gasteiger partial charge in [-0.3, -0.25) is 0 Å². The summed E-state index contributed by atoms with van der Waals surface area (Å²) in [5.41, 5.74) is 6.19. The Morgan fingerprint density at radius 2 is 2.06 bits per heavy atom. The van der Waals surface area contributed by atoms with Gasteiger partial charge < -0.3 is 10.6 Å². The van der Waals surface area contributed by atoms with Crippen LogP contribution in [0.5, 0.6) is 0 Å². The minimum Gasteiger partial charge on any atom is -0.340 e. The van der Waals surface area contributed by atoms with Crippen LogP contribution < -0.4 is 10.6 Å². The molecule has 2 heterocycles. The monoisotopic (exact) mass is 228 g/mol. The van der Waals surface area contributed by atoms with Gasteiger partial charge in [-0.1, -0.05) is 0 Å². The van der Waals surface area contributed by atoms with E-state index >= 15 is 0 Å². The van der Waals surface area contributed by atoms with Gasteiger partial charge in [-0.05, 0) is 6.07 Å². The summed E-state index contributed by atoms with van der Waals surface area (Å²) in [6.07, 6.45) is 1.34. The zero-order valence-electron chi connectivity index (χ0n) is 8.87. The highest BCUT2D eigenvalue weighted by atomic mass is 19.3. The van der Waals surface area contributed by atoms with Gasteiger partial charge in [0.1, 0.15) is 0 Å². The van der Waals surface area contributed by atoms with Crippen molar-refractivity contribution >= 4 is 5.95 Å². The lowest BCUT2D eigenvalue weighted by Crippen LogP contribution is -2.40. The van der Waals surface area contributed by atoms with E-state index in [1.807, 2.05) is 0 Å². The van der Waals surface area contributed by atoms with Crippen LogP contribution in [0, 0.1) is 0 Å². The number of nitrogens with zero attached hydrogens (tertiary/aromatic N) is 3. The molecule has 0 unspecified atom stereocenters. The number of alkyl halides is 2. The molecule has 1 aromatic heterocycles. The van der Waals surface area contributed by atoms with Crippen molar-refractivity contribution in [2.24, 2.45) is 5.73 Å². The number of nitrogens with two attached hydrogens (primary N) is 1. The molecule has 1 saturated heterocycles. The number of aromatic nitrogens is 2. The molecule has 1 aliphatic rings. The predicted octanol–water partition coefficient (Wildman–Crippen LogP) is 1.17. The summed E-state index contributed by atoms with van der Waals surface area (Å²) in [4.78, 5) is 10.1. The van der Waals surface area contributed by atoms with E-state index in [0.29, 0.717) is 25.6 Å². The molecule has 1 aromatic rings. The molecule has 0 bridgehead atoms. The molecular weight excluding hydrogens is 214 g/mol. The van der Waals surface area contributed by atoms with Gasteiger partial charge in [0, 0.05) is 38.7 Å². The van der Waals surface area contributed by atoms with E-state index in [2.05, 4.69) is 9.97 Å². The third kappa shape index (κ3) is 2.44. The molecule has 0 aliphatic carbocycles. The molecule has 1 fully saturated rings. The van der Waals surface area contributed by atoms with Crippen molar-refractivity contribution in [1.82, 2.24) is 9.97 Å². The maximum absolute atomic E-state index is 13.0. The molecule has 0 atom stereocenters. The summed E-state index contributed by atoms with van der Waals surface area (Å²) in [6, 6.07) is 1.72. The van der Waals surface area contributed by atoms with E-state index in [-0.39, 0.29) is 12.8 Å². The van der Waals surface area contributed by atoms with E-state index in [0.717, 1.165) is 5.69 Å². The van der Waals surface area contributed by atoms with E-state index in [1.54, 1.807) is 17.2 Å². The van der Waals surface area contributed by atoms with Gasteiger partial charge in [0.15, 0.2) is 0 Å². The minimum atomic E-state index is -2.54. The fourth-order valence-electron chi connectivity index (χ4n) is 1.68. The van der Waals surface area contributed by atoms with Crippen molar-refractivity contribution < 1.29 is 8.78 Å². The summed E-state index contributed by atoms with van der Waals surface area (Å²) >= 11 is 0. The Labute approximate surface area is 92.5 Å². The summed E-state index contributed by atoms with van der Waals surface area (Å²) in [5.74, 6) is -2.04. The minimum absolute atomic E-state index is 0.136. The van der Waals surface area contributed by atoms with Crippen molar-refractivity contribution in [1.29, 1.82) is 0 Å². The Bertz CT molecular complexity index is 360. The summed E-state index contributed by atoms with van der Waals surface area (Å²) in [7, 11) is 0. The van der Waals surface area contributed by atoms with Crippen LogP contribution in [0.3, 0.4) is 0 Å². The average Bonchev–Trinajstić information content (AvgIpc) is 2.29. The van der Waals surface area contributed by atoms with E-state index < -0.39 is 5.92 Å². The second kappa shape index (κ2) is 4.29. The molecule has 2 N–H and O–H groups in total. The number of hydrogen-bond acceptors (Lipinski definition) is 4. The second-order valence-electron chi connectivity index (χ2n) is 3.90. The number of anilines is 1. The number of piperidine rings is 1. The zero-order valence-corrected chi connectivity index (χ0v) is 8.87. The first-order valence-corrected chi connectivity index (χ1v) is 5.25. The molecule has 2 rings (SSSR count). The molecule has 16 heavy (non-hydrogen) atoms. The molecule has 1 aliphatic heterocycles. The van der Waals surface area contributed by atoms with Gasteiger partial charge in [-0.15, -0.1) is 0 Å². The molecule has 0 radical (unpaired) electrons. The standard InChI is InChI=1S/C10H14F2N4/c11-10(12)2-5-16(6-3-10)9-14-4-1-8(7-13)15-9/h1,4H,2-3,5-7,13H2. The van der Waals surface area contributed by atoms with Crippen LogP contribution in [0.1, 0.15) is 18.5 Å². The van der Waals surface area contributed by atoms with Crippen LogP contribution in [0.2, 0.25) is 0 Å². The fraction of sp³-hybridized carbons (Fsp3) is 0.600. The van der Waals surface area contributed by atoms with Crippen LogP contribution in [-0.4, -0.2) is 29.0 Å². The lowest BCUT2D eigenvalue weighted by Gasteiger charge is -2.31. The summed E-state index contributed by atoms with van der Waals surface area (Å²) < 4.78 is 25.9. The van der Waals surface area contributed by atoms with Gasteiger partial charge in [-0.25, -0.2) is 18.7 Å². The highest BCUT2D eigenvalue weighted by molar-refractivity contribution is 5.31. The Hall–Kier alpha value is -1.30. The molecule has 88 valence electrons. The van der Waals surface area contributed by atoms with Crippen LogP contribution in [0.4, 0.5) is 14.7 Å². The molecule has 0 saturated carbocycles. The quantitative estimate of drug-likeness (QED) is 0.825. The molecule has 0 spiro atoms. The van der Waals surface area contributed by atoms with Crippen molar-refractivity contribution in [2.45, 2.75) is 25.3 Å². The second-order valence-corrected chi connectivity index (χ2v) is 3.90. The number of hydrogen-bond donors (Lipinski definition) is 1. The van der Waals surface area contributed by atoms with E-state index in [1.165, 1.54) is 0 Å². The Balaban J connectivity index is 2.08. The zero-order chi connectivity index (χ0) is 11.6. The van der Waals surface area contributed by atoms with Crippen LogP contribution in [0.15, 0.2) is 12.3 Å². The first-order chi connectivity index (χ1) is 7.61. The molecule has 6 heteroatoms. The highest BCUT2D eigenvalue weighted by Crippen LogP contribution is 2.28. The van der Waals surface area contributed by atoms with Crippen molar-refractivity contribution in [3.05, 3.63) is 18.0 Å². The van der Waals surface area contributed by atoms with Gasteiger partial charge in [-0.2, -0.15) is 0 Å². The first kappa shape index (κ1) is 11.2. The smallest absolute Gasteiger partial charge is 0.251 e. The highest BCUT2D eigenvalue weighted by Gasteiger charge is 2.34. The number of rotatable bonds is 2. The van der Waals surface area contributed by atoms with Gasteiger partial charge >= 0.3 is 0 Å². The van der Waals surface area contributed by atoms with Crippen molar-refractivity contribution in [2.75, 3.05) is 18.0 Å². The maximum Gasteiger partial charge on any atom is 0.251 e. The normalized spacial score (nSPS) is 19.8. The molecule has 4 nitrogen and oxygen atoms in total. The Kier molecular flexibility index (Phi) is 3.00. The van der Waals surface area contributed by atoms with Crippen molar-refractivity contribution in [3.63, 3.8) is 0 Å². The van der Waals surface area contributed by atoms with E-state index in [4.69, 9.17) is 5.73 Å². The van der Waals surface area contributed by atoms with E-state index in [9.17, 15) is 8.78 Å². The SMILES string of the molecule is NCc1ccnc(N2CCC(F)(F)CC2)n1. The Morgan fingerprint density at radius 3 is 2.69 bits per heavy atom. The summed E-state index contributed by atoms with van der Waals surface area (Å²) in [6.45, 7) is 0.918. The fourth-order valence-corrected chi connectivity index (χ4v) is 1.68. The van der Waals surface area contributed by atoms with Gasteiger partial charge in [0.2, 0.25) is 5.95 Å². The number of halogens is 2. The lowest BCUT2D eigenvalue weighted by molar-refractivity contribution is -0.0222. The topological polar surface area (TPSA) is 55.0 Å². The largest absolute Gasteiger partial charge is 0.340 e. The van der Waals surface area contributed by atoms with Gasteiger partial charge in [0.25, 0.3) is 5.92 Å². The van der Waals surface area contributed by atoms with Crippen LogP contribution in [-0.2, 0) is 6.54 Å². The third-order valence-corrected chi connectivity index (χ3v) is 2.69. The van der Waals surface area contributed by atoms with Crippen molar-refractivity contribution in [3.8, 4) is 0 Å². The van der Waals surface area contributed by atoms with Crippen LogP contribution >= 0.6 is 0 Å². The molecule has 0 aromatic carbocycles. The Morgan fingerprint density at radius 1 is 1.38 bits per heavy atom.